The van der Waals surface area contributed by atoms with Gasteiger partial charge < -0.3 is 9.73 Å². The summed E-state index contributed by atoms with van der Waals surface area (Å²) in [5.41, 5.74) is 4.03. The first kappa shape index (κ1) is 13.5. The Hall–Kier alpha value is -2.18. The SMILES string of the molecule is O=C(Nc1ccc2scnc2c1)c1cc2ccc(Br)cc2o1. The molecule has 0 aliphatic rings. The number of amides is 1. The van der Waals surface area contributed by atoms with Gasteiger partial charge in [0.25, 0.3) is 5.91 Å². The summed E-state index contributed by atoms with van der Waals surface area (Å²) in [6.45, 7) is 0. The Morgan fingerprint density at radius 1 is 1.18 bits per heavy atom. The third kappa shape index (κ3) is 2.40. The summed E-state index contributed by atoms with van der Waals surface area (Å²) in [6, 6.07) is 13.0. The summed E-state index contributed by atoms with van der Waals surface area (Å²) in [4.78, 5) is 16.6. The van der Waals surface area contributed by atoms with Crippen LogP contribution in [0.1, 0.15) is 10.6 Å². The minimum absolute atomic E-state index is 0.276. The molecule has 1 N–H and O–H groups in total. The van der Waals surface area contributed by atoms with E-state index in [2.05, 4.69) is 26.2 Å². The summed E-state index contributed by atoms with van der Waals surface area (Å²) in [7, 11) is 0. The minimum Gasteiger partial charge on any atom is -0.451 e. The van der Waals surface area contributed by atoms with E-state index in [1.807, 2.05) is 36.4 Å². The van der Waals surface area contributed by atoms with E-state index in [9.17, 15) is 4.79 Å². The number of hydrogen-bond acceptors (Lipinski definition) is 4. The maximum atomic E-state index is 12.3. The van der Waals surface area contributed by atoms with Crippen molar-refractivity contribution in [1.82, 2.24) is 4.98 Å². The van der Waals surface area contributed by atoms with Crippen LogP contribution in [0.2, 0.25) is 0 Å². The van der Waals surface area contributed by atoms with Crippen molar-refractivity contribution in [2.45, 2.75) is 0 Å². The largest absolute Gasteiger partial charge is 0.451 e. The van der Waals surface area contributed by atoms with Crippen LogP contribution in [0.4, 0.5) is 5.69 Å². The van der Waals surface area contributed by atoms with Crippen molar-refractivity contribution >= 4 is 60.0 Å². The molecule has 0 fully saturated rings. The first-order valence-corrected chi connectivity index (χ1v) is 8.20. The molecular weight excluding hydrogens is 364 g/mol. The number of benzene rings is 2. The lowest BCUT2D eigenvalue weighted by Gasteiger charge is -2.02. The quantitative estimate of drug-likeness (QED) is 0.535. The van der Waals surface area contributed by atoms with Crippen LogP contribution in [0.5, 0.6) is 0 Å². The maximum Gasteiger partial charge on any atom is 0.291 e. The Kier molecular flexibility index (Phi) is 3.20. The molecule has 0 radical (unpaired) electrons. The molecule has 0 saturated carbocycles. The van der Waals surface area contributed by atoms with Gasteiger partial charge in [0.1, 0.15) is 5.58 Å². The molecule has 22 heavy (non-hydrogen) atoms. The van der Waals surface area contributed by atoms with Gasteiger partial charge in [-0.3, -0.25) is 4.79 Å². The van der Waals surface area contributed by atoms with Crippen LogP contribution in [-0.2, 0) is 0 Å². The number of halogens is 1. The Balaban J connectivity index is 1.64. The number of anilines is 1. The van der Waals surface area contributed by atoms with Gasteiger partial charge in [0.15, 0.2) is 5.76 Å². The normalized spacial score (nSPS) is 11.1. The summed E-state index contributed by atoms with van der Waals surface area (Å²) in [5, 5.41) is 3.73. The predicted octanol–water partition coefficient (Wildman–Crippen LogP) is 5.06. The Morgan fingerprint density at radius 3 is 3.00 bits per heavy atom. The van der Waals surface area contributed by atoms with Crippen molar-refractivity contribution < 1.29 is 9.21 Å². The predicted molar refractivity (Wildman–Crippen MR) is 91.5 cm³/mol. The molecule has 4 nitrogen and oxygen atoms in total. The monoisotopic (exact) mass is 372 g/mol. The van der Waals surface area contributed by atoms with Crippen molar-refractivity contribution in [3.63, 3.8) is 0 Å². The molecule has 0 bridgehead atoms. The molecule has 1 amide bonds. The van der Waals surface area contributed by atoms with E-state index >= 15 is 0 Å². The first-order chi connectivity index (χ1) is 10.7. The standard InChI is InChI=1S/C16H9BrN2O2S/c17-10-2-1-9-5-14(21-13(9)6-10)16(20)19-11-3-4-15-12(7-11)18-8-22-15/h1-8H,(H,19,20). The van der Waals surface area contributed by atoms with Crippen molar-refractivity contribution in [3.05, 3.63) is 58.2 Å². The van der Waals surface area contributed by atoms with Crippen molar-refractivity contribution in [3.8, 4) is 0 Å². The average molecular weight is 373 g/mol. The highest BCUT2D eigenvalue weighted by atomic mass is 79.9. The second-order valence-electron chi connectivity index (χ2n) is 4.78. The molecule has 108 valence electrons. The molecule has 0 saturated heterocycles. The molecule has 0 aliphatic carbocycles. The van der Waals surface area contributed by atoms with Gasteiger partial charge in [0, 0.05) is 15.5 Å². The number of nitrogens with one attached hydrogen (secondary N) is 1. The van der Waals surface area contributed by atoms with Gasteiger partial charge in [0.2, 0.25) is 0 Å². The van der Waals surface area contributed by atoms with Gasteiger partial charge in [-0.05, 0) is 42.5 Å². The van der Waals surface area contributed by atoms with Crippen molar-refractivity contribution in [2.24, 2.45) is 0 Å². The lowest BCUT2D eigenvalue weighted by Crippen LogP contribution is -2.10. The summed E-state index contributed by atoms with van der Waals surface area (Å²) in [5.74, 6) is 0.00776. The first-order valence-electron chi connectivity index (χ1n) is 6.53. The van der Waals surface area contributed by atoms with Gasteiger partial charge in [-0.2, -0.15) is 0 Å². The van der Waals surface area contributed by atoms with E-state index < -0.39 is 0 Å². The number of carbonyl (C=O) groups is 1. The Morgan fingerprint density at radius 2 is 2.09 bits per heavy atom. The van der Waals surface area contributed by atoms with E-state index in [1.165, 1.54) is 0 Å². The number of aromatic nitrogens is 1. The third-order valence-electron chi connectivity index (χ3n) is 3.29. The molecule has 4 rings (SSSR count). The Labute approximate surface area is 137 Å². The molecule has 2 aromatic carbocycles. The van der Waals surface area contributed by atoms with Crippen LogP contribution in [-0.4, -0.2) is 10.9 Å². The molecule has 2 heterocycles. The zero-order valence-electron chi connectivity index (χ0n) is 11.2. The summed E-state index contributed by atoms with van der Waals surface area (Å²) in [6.07, 6.45) is 0. The highest BCUT2D eigenvalue weighted by molar-refractivity contribution is 9.10. The molecular formula is C16H9BrN2O2S. The van der Waals surface area contributed by atoms with Crippen LogP contribution >= 0.6 is 27.3 Å². The number of nitrogens with zero attached hydrogens (tertiary/aromatic N) is 1. The maximum absolute atomic E-state index is 12.3. The smallest absolute Gasteiger partial charge is 0.291 e. The van der Waals surface area contributed by atoms with Crippen LogP contribution in [0, 0.1) is 0 Å². The highest BCUT2D eigenvalue weighted by Crippen LogP contribution is 2.25. The number of hydrogen-bond donors (Lipinski definition) is 1. The Bertz CT molecular complexity index is 1010. The molecule has 0 spiro atoms. The molecule has 2 aromatic heterocycles. The average Bonchev–Trinajstić information content (AvgIpc) is 3.12. The number of carbonyl (C=O) groups excluding carboxylic acids is 1. The van der Waals surface area contributed by atoms with E-state index in [-0.39, 0.29) is 11.7 Å². The zero-order valence-corrected chi connectivity index (χ0v) is 13.6. The van der Waals surface area contributed by atoms with Crippen molar-refractivity contribution in [1.29, 1.82) is 0 Å². The van der Waals surface area contributed by atoms with Crippen LogP contribution in [0.3, 0.4) is 0 Å². The highest BCUT2D eigenvalue weighted by Gasteiger charge is 2.13. The zero-order chi connectivity index (χ0) is 15.1. The second kappa shape index (κ2) is 5.23. The number of thiazole rings is 1. The summed E-state index contributed by atoms with van der Waals surface area (Å²) < 4.78 is 7.60. The van der Waals surface area contributed by atoms with E-state index in [0.717, 1.165) is 20.1 Å². The van der Waals surface area contributed by atoms with Crippen molar-refractivity contribution in [2.75, 3.05) is 5.32 Å². The van der Waals surface area contributed by atoms with Gasteiger partial charge in [0.05, 0.1) is 15.7 Å². The number of furan rings is 1. The summed E-state index contributed by atoms with van der Waals surface area (Å²) >= 11 is 4.95. The van der Waals surface area contributed by atoms with Crippen LogP contribution in [0.25, 0.3) is 21.2 Å². The van der Waals surface area contributed by atoms with E-state index in [1.54, 1.807) is 22.9 Å². The lowest BCUT2D eigenvalue weighted by molar-refractivity contribution is 0.0998. The van der Waals surface area contributed by atoms with Crippen LogP contribution in [0.15, 0.2) is 56.9 Å². The molecule has 6 heteroatoms. The van der Waals surface area contributed by atoms with Gasteiger partial charge in [-0.1, -0.05) is 15.9 Å². The number of rotatable bonds is 2. The third-order valence-corrected chi connectivity index (χ3v) is 4.60. The molecule has 0 aliphatic heterocycles. The minimum atomic E-state index is -0.276. The number of fused-ring (bicyclic) bond motifs is 2. The topological polar surface area (TPSA) is 55.1 Å². The fraction of sp³-hybridized carbons (Fsp3) is 0. The molecule has 0 unspecified atom stereocenters. The van der Waals surface area contributed by atoms with Gasteiger partial charge in [-0.15, -0.1) is 11.3 Å². The fourth-order valence-corrected chi connectivity index (χ4v) is 3.24. The van der Waals surface area contributed by atoms with Crippen LogP contribution < -0.4 is 5.32 Å². The molecule has 4 aromatic rings. The van der Waals surface area contributed by atoms with Gasteiger partial charge >= 0.3 is 0 Å². The fourth-order valence-electron chi connectivity index (χ4n) is 2.25. The lowest BCUT2D eigenvalue weighted by atomic mass is 10.2. The molecule has 0 atom stereocenters. The van der Waals surface area contributed by atoms with Gasteiger partial charge in [-0.25, -0.2) is 4.98 Å². The van der Waals surface area contributed by atoms with E-state index in [4.69, 9.17) is 4.42 Å². The van der Waals surface area contributed by atoms with E-state index in [0.29, 0.717) is 11.3 Å². The second-order valence-corrected chi connectivity index (χ2v) is 6.58.